The summed E-state index contributed by atoms with van der Waals surface area (Å²) in [6, 6.07) is 18.3. The van der Waals surface area contributed by atoms with Crippen molar-refractivity contribution in [1.29, 1.82) is 5.26 Å². The van der Waals surface area contributed by atoms with Crippen LogP contribution < -0.4 is 0 Å². The Morgan fingerprint density at radius 3 is 2.24 bits per heavy atom. The molecule has 1 saturated heterocycles. The number of allylic oxidation sites excluding steroid dienone is 1. The van der Waals surface area contributed by atoms with Crippen LogP contribution in [0.1, 0.15) is 47.3 Å². The van der Waals surface area contributed by atoms with E-state index in [1.807, 2.05) is 30.3 Å². The molecule has 2 aromatic carbocycles. The highest BCUT2D eigenvalue weighted by Crippen LogP contribution is 2.30. The summed E-state index contributed by atoms with van der Waals surface area (Å²) >= 11 is 0. The molecule has 0 spiro atoms. The van der Waals surface area contributed by atoms with E-state index in [0.717, 1.165) is 30.4 Å². The molecule has 0 atom stereocenters. The molecule has 1 aliphatic rings. The molecule has 2 aromatic rings. The lowest BCUT2D eigenvalue weighted by atomic mass is 9.99. The molecule has 0 aromatic heterocycles. The van der Waals surface area contributed by atoms with Crippen LogP contribution in [0, 0.1) is 11.3 Å². The quantitative estimate of drug-likeness (QED) is 0.558. The Morgan fingerprint density at radius 1 is 1.00 bits per heavy atom. The van der Waals surface area contributed by atoms with E-state index >= 15 is 0 Å². The van der Waals surface area contributed by atoms with Gasteiger partial charge < -0.3 is 9.47 Å². The van der Waals surface area contributed by atoms with E-state index in [0.29, 0.717) is 18.8 Å². The van der Waals surface area contributed by atoms with Crippen LogP contribution >= 0.6 is 0 Å². The van der Waals surface area contributed by atoms with Crippen molar-refractivity contribution >= 4 is 0 Å². The highest BCUT2D eigenvalue weighted by molar-refractivity contribution is 5.33. The number of hydrogen-bond acceptors (Lipinski definition) is 3. The summed E-state index contributed by atoms with van der Waals surface area (Å²) in [5.74, 6) is 0.210. The molecule has 0 amide bonds. The van der Waals surface area contributed by atoms with Gasteiger partial charge in [-0.15, -0.1) is 6.58 Å². The molecular formula is C22H23NO2. The van der Waals surface area contributed by atoms with Crippen molar-refractivity contribution in [3.63, 3.8) is 0 Å². The summed E-state index contributed by atoms with van der Waals surface area (Å²) < 4.78 is 11.9. The predicted octanol–water partition coefficient (Wildman–Crippen LogP) is 4.90. The Balaban J connectivity index is 1.54. The lowest BCUT2D eigenvalue weighted by Gasteiger charge is -2.30. The SMILES string of the molecule is C=CCCCc1ccc(C2OCC(c3ccc(C#N)cc3)CO2)cc1. The second kappa shape index (κ2) is 8.62. The highest BCUT2D eigenvalue weighted by Gasteiger charge is 2.24. The third kappa shape index (κ3) is 4.57. The predicted molar refractivity (Wildman–Crippen MR) is 98.1 cm³/mol. The molecule has 0 N–H and O–H groups in total. The maximum atomic E-state index is 8.88. The zero-order valence-corrected chi connectivity index (χ0v) is 14.4. The van der Waals surface area contributed by atoms with Crippen LogP contribution in [0.3, 0.4) is 0 Å². The number of unbranched alkanes of at least 4 members (excludes halogenated alkanes) is 1. The minimum atomic E-state index is -0.295. The van der Waals surface area contributed by atoms with Gasteiger partial charge in [0.1, 0.15) is 0 Å². The first-order chi connectivity index (χ1) is 12.3. The summed E-state index contributed by atoms with van der Waals surface area (Å²) in [5, 5.41) is 8.88. The molecule has 3 rings (SSSR count). The molecule has 0 unspecified atom stereocenters. The maximum absolute atomic E-state index is 8.88. The molecule has 3 heteroatoms. The zero-order chi connectivity index (χ0) is 17.5. The molecule has 0 bridgehead atoms. The van der Waals surface area contributed by atoms with Crippen LogP contribution in [0.15, 0.2) is 61.2 Å². The zero-order valence-electron chi connectivity index (χ0n) is 14.4. The van der Waals surface area contributed by atoms with E-state index in [2.05, 4.69) is 36.9 Å². The molecule has 0 aliphatic carbocycles. The lowest BCUT2D eigenvalue weighted by molar-refractivity contribution is -0.191. The summed E-state index contributed by atoms with van der Waals surface area (Å²) in [7, 11) is 0. The average Bonchev–Trinajstić information content (AvgIpc) is 2.69. The van der Waals surface area contributed by atoms with Crippen LogP contribution in [0.2, 0.25) is 0 Å². The third-order valence-electron chi connectivity index (χ3n) is 4.53. The van der Waals surface area contributed by atoms with Crippen molar-refractivity contribution in [2.45, 2.75) is 31.5 Å². The largest absolute Gasteiger partial charge is 0.348 e. The van der Waals surface area contributed by atoms with Gasteiger partial charge in [-0.1, -0.05) is 42.5 Å². The third-order valence-corrected chi connectivity index (χ3v) is 4.53. The summed E-state index contributed by atoms with van der Waals surface area (Å²) in [6.45, 7) is 5.00. The van der Waals surface area contributed by atoms with Gasteiger partial charge in [0.2, 0.25) is 0 Å². The van der Waals surface area contributed by atoms with E-state index in [-0.39, 0.29) is 12.2 Å². The van der Waals surface area contributed by atoms with E-state index in [1.165, 1.54) is 5.56 Å². The minimum Gasteiger partial charge on any atom is -0.348 e. The molecule has 1 aliphatic heterocycles. The Labute approximate surface area is 149 Å². The molecule has 128 valence electrons. The van der Waals surface area contributed by atoms with E-state index in [9.17, 15) is 0 Å². The second-order valence-electron chi connectivity index (χ2n) is 6.35. The van der Waals surface area contributed by atoms with E-state index < -0.39 is 0 Å². The Kier molecular flexibility index (Phi) is 6.00. The van der Waals surface area contributed by atoms with Crippen molar-refractivity contribution < 1.29 is 9.47 Å². The van der Waals surface area contributed by atoms with Gasteiger partial charge in [-0.2, -0.15) is 5.26 Å². The highest BCUT2D eigenvalue weighted by atomic mass is 16.7. The van der Waals surface area contributed by atoms with Crippen molar-refractivity contribution in [3.8, 4) is 6.07 Å². The number of nitriles is 1. The van der Waals surface area contributed by atoms with Crippen LogP contribution in [0.25, 0.3) is 0 Å². The van der Waals surface area contributed by atoms with E-state index in [4.69, 9.17) is 14.7 Å². The first-order valence-corrected chi connectivity index (χ1v) is 8.73. The molecule has 1 heterocycles. The van der Waals surface area contributed by atoms with Crippen molar-refractivity contribution in [1.82, 2.24) is 0 Å². The Morgan fingerprint density at radius 2 is 1.64 bits per heavy atom. The fourth-order valence-corrected chi connectivity index (χ4v) is 3.01. The monoisotopic (exact) mass is 333 g/mol. The average molecular weight is 333 g/mol. The number of ether oxygens (including phenoxy) is 2. The fraction of sp³-hybridized carbons (Fsp3) is 0.318. The number of aryl methyl sites for hydroxylation is 1. The smallest absolute Gasteiger partial charge is 0.183 e. The van der Waals surface area contributed by atoms with Gasteiger partial charge in [0.05, 0.1) is 24.8 Å². The van der Waals surface area contributed by atoms with E-state index in [1.54, 1.807) is 0 Å². The first kappa shape index (κ1) is 17.4. The van der Waals surface area contributed by atoms with Gasteiger partial charge in [0.15, 0.2) is 6.29 Å². The minimum absolute atomic E-state index is 0.210. The molecule has 3 nitrogen and oxygen atoms in total. The Bertz CT molecular complexity index is 720. The van der Waals surface area contributed by atoms with Crippen molar-refractivity contribution in [2.75, 3.05) is 13.2 Å². The number of nitrogens with zero attached hydrogens (tertiary/aromatic N) is 1. The van der Waals surface area contributed by atoms with Crippen LogP contribution in [0.5, 0.6) is 0 Å². The maximum Gasteiger partial charge on any atom is 0.183 e. The fourth-order valence-electron chi connectivity index (χ4n) is 3.01. The van der Waals surface area contributed by atoms with Crippen LogP contribution in [-0.2, 0) is 15.9 Å². The van der Waals surface area contributed by atoms with Crippen molar-refractivity contribution in [3.05, 3.63) is 83.4 Å². The molecule has 0 saturated carbocycles. The summed E-state index contributed by atoms with van der Waals surface area (Å²) in [5.41, 5.74) is 4.21. The topological polar surface area (TPSA) is 42.2 Å². The van der Waals surface area contributed by atoms with Gasteiger partial charge in [-0.25, -0.2) is 0 Å². The number of rotatable bonds is 6. The second-order valence-corrected chi connectivity index (χ2v) is 6.35. The summed E-state index contributed by atoms with van der Waals surface area (Å²) in [6.07, 6.45) is 4.91. The number of hydrogen-bond donors (Lipinski definition) is 0. The molecule has 0 radical (unpaired) electrons. The molecule has 1 fully saturated rings. The lowest BCUT2D eigenvalue weighted by Crippen LogP contribution is -2.25. The first-order valence-electron chi connectivity index (χ1n) is 8.73. The van der Waals surface area contributed by atoms with Crippen LogP contribution in [-0.4, -0.2) is 13.2 Å². The molecule has 25 heavy (non-hydrogen) atoms. The van der Waals surface area contributed by atoms with Gasteiger partial charge in [0.25, 0.3) is 0 Å². The van der Waals surface area contributed by atoms with Crippen LogP contribution in [0.4, 0.5) is 0 Å². The molecular weight excluding hydrogens is 310 g/mol. The van der Waals surface area contributed by atoms with Gasteiger partial charge in [0, 0.05) is 11.5 Å². The Hall–Kier alpha value is -2.41. The number of benzene rings is 2. The normalized spacial score (nSPS) is 20.0. The van der Waals surface area contributed by atoms with Gasteiger partial charge in [-0.05, 0) is 42.5 Å². The van der Waals surface area contributed by atoms with Gasteiger partial charge in [-0.3, -0.25) is 0 Å². The van der Waals surface area contributed by atoms with Crippen molar-refractivity contribution in [2.24, 2.45) is 0 Å². The summed E-state index contributed by atoms with van der Waals surface area (Å²) in [4.78, 5) is 0. The van der Waals surface area contributed by atoms with Gasteiger partial charge >= 0.3 is 0 Å². The standard InChI is InChI=1S/C22H23NO2/c1-2-3-4-5-17-6-12-20(13-7-17)22-24-15-21(16-25-22)19-10-8-18(14-23)9-11-19/h2,6-13,21-22H,1,3-5,15-16H2.